The van der Waals surface area contributed by atoms with Gasteiger partial charge in [-0.15, -0.1) is 0 Å². The van der Waals surface area contributed by atoms with Crippen LogP contribution in [0.15, 0.2) is 18.2 Å². The van der Waals surface area contributed by atoms with Crippen LogP contribution >= 0.6 is 0 Å². The summed E-state index contributed by atoms with van der Waals surface area (Å²) >= 11 is 0. The van der Waals surface area contributed by atoms with Crippen molar-refractivity contribution < 1.29 is 14.3 Å². The first-order valence-corrected chi connectivity index (χ1v) is 5.32. The van der Waals surface area contributed by atoms with E-state index in [0.717, 1.165) is 23.2 Å². The Bertz CT molecular complexity index is 347. The molecule has 0 N–H and O–H groups in total. The van der Waals surface area contributed by atoms with E-state index in [1.807, 2.05) is 25.1 Å². The summed E-state index contributed by atoms with van der Waals surface area (Å²) in [5.74, 6) is 0.999. The van der Waals surface area contributed by atoms with Crippen molar-refractivity contribution in [1.82, 2.24) is 0 Å². The van der Waals surface area contributed by atoms with Gasteiger partial charge in [0.2, 0.25) is 0 Å². The van der Waals surface area contributed by atoms with Crippen LogP contribution in [0.3, 0.4) is 0 Å². The van der Waals surface area contributed by atoms with Crippen LogP contribution in [0.2, 0.25) is 0 Å². The average molecular weight is 222 g/mol. The molecular formula is C13H18O3. The maximum Gasteiger partial charge on any atom is 0.122 e. The minimum absolute atomic E-state index is 0.171. The second-order valence-corrected chi connectivity index (χ2v) is 3.81. The summed E-state index contributed by atoms with van der Waals surface area (Å²) < 4.78 is 10.4. The third-order valence-electron chi connectivity index (χ3n) is 2.59. The van der Waals surface area contributed by atoms with Gasteiger partial charge in [-0.2, -0.15) is 0 Å². The molecule has 3 heteroatoms. The van der Waals surface area contributed by atoms with Gasteiger partial charge in [0.25, 0.3) is 0 Å². The third kappa shape index (κ3) is 3.07. The lowest BCUT2D eigenvalue weighted by atomic mass is 9.95. The van der Waals surface area contributed by atoms with Crippen molar-refractivity contribution in [2.24, 2.45) is 0 Å². The van der Waals surface area contributed by atoms with Gasteiger partial charge in [0.15, 0.2) is 0 Å². The van der Waals surface area contributed by atoms with Gasteiger partial charge in [0, 0.05) is 13.5 Å². The summed E-state index contributed by atoms with van der Waals surface area (Å²) in [6.07, 6.45) is 1.44. The van der Waals surface area contributed by atoms with Gasteiger partial charge in [-0.25, -0.2) is 0 Å². The maximum absolute atomic E-state index is 10.5. The highest BCUT2D eigenvalue weighted by atomic mass is 16.5. The molecule has 1 unspecified atom stereocenters. The molecule has 0 saturated heterocycles. The van der Waals surface area contributed by atoms with E-state index < -0.39 is 0 Å². The number of benzene rings is 1. The Kier molecular flexibility index (Phi) is 4.99. The zero-order valence-electron chi connectivity index (χ0n) is 10.0. The first-order chi connectivity index (χ1) is 7.72. The van der Waals surface area contributed by atoms with Crippen molar-refractivity contribution in [2.45, 2.75) is 25.9 Å². The Hall–Kier alpha value is -1.35. The molecule has 0 amide bonds. The molecule has 1 rings (SSSR count). The molecule has 0 spiro atoms. The molecule has 0 aliphatic rings. The molecule has 0 heterocycles. The summed E-state index contributed by atoms with van der Waals surface area (Å²) in [7, 11) is 3.31. The van der Waals surface area contributed by atoms with Crippen LogP contribution in [0.4, 0.5) is 0 Å². The fourth-order valence-electron chi connectivity index (χ4n) is 1.70. The normalized spacial score (nSPS) is 12.2. The highest BCUT2D eigenvalue weighted by Crippen LogP contribution is 2.29. The first-order valence-electron chi connectivity index (χ1n) is 5.32. The fraction of sp³-hybridized carbons (Fsp3) is 0.462. The van der Waals surface area contributed by atoms with E-state index in [2.05, 4.69) is 0 Å². The maximum atomic E-state index is 10.5. The molecule has 0 aliphatic carbocycles. The van der Waals surface area contributed by atoms with Crippen molar-refractivity contribution in [2.75, 3.05) is 14.2 Å². The molecule has 0 radical (unpaired) electrons. The summed E-state index contributed by atoms with van der Waals surface area (Å²) in [6, 6.07) is 5.93. The predicted octanol–water partition coefficient (Wildman–Crippen LogP) is 2.53. The van der Waals surface area contributed by atoms with Crippen LogP contribution in [0.1, 0.15) is 30.4 Å². The first kappa shape index (κ1) is 12.7. The quantitative estimate of drug-likeness (QED) is 0.694. The van der Waals surface area contributed by atoms with Crippen LogP contribution in [0, 0.1) is 0 Å². The second-order valence-electron chi connectivity index (χ2n) is 3.81. The minimum atomic E-state index is 0.171. The smallest absolute Gasteiger partial charge is 0.122 e. The van der Waals surface area contributed by atoms with Crippen LogP contribution in [-0.4, -0.2) is 20.5 Å². The van der Waals surface area contributed by atoms with Gasteiger partial charge in [0.05, 0.1) is 13.7 Å². The van der Waals surface area contributed by atoms with Crippen molar-refractivity contribution in [3.63, 3.8) is 0 Å². The zero-order valence-corrected chi connectivity index (χ0v) is 10.0. The van der Waals surface area contributed by atoms with Crippen LogP contribution < -0.4 is 4.74 Å². The van der Waals surface area contributed by atoms with E-state index >= 15 is 0 Å². The van der Waals surface area contributed by atoms with Crippen molar-refractivity contribution >= 4 is 6.29 Å². The topological polar surface area (TPSA) is 35.5 Å². The molecule has 1 aromatic rings. The molecule has 3 nitrogen and oxygen atoms in total. The molecule has 1 atom stereocenters. The van der Waals surface area contributed by atoms with Gasteiger partial charge < -0.3 is 14.3 Å². The molecule has 1 aromatic carbocycles. The van der Waals surface area contributed by atoms with Crippen LogP contribution in [0.25, 0.3) is 0 Å². The van der Waals surface area contributed by atoms with E-state index in [4.69, 9.17) is 9.47 Å². The lowest BCUT2D eigenvalue weighted by Crippen LogP contribution is -2.00. The van der Waals surface area contributed by atoms with E-state index in [9.17, 15) is 4.79 Å². The summed E-state index contributed by atoms with van der Waals surface area (Å²) in [5, 5.41) is 0. The van der Waals surface area contributed by atoms with Crippen LogP contribution in [0.5, 0.6) is 5.75 Å². The monoisotopic (exact) mass is 222 g/mol. The lowest BCUT2D eigenvalue weighted by molar-refractivity contribution is -0.108. The van der Waals surface area contributed by atoms with Crippen molar-refractivity contribution in [1.29, 1.82) is 0 Å². The number of carbonyl (C=O) groups is 1. The van der Waals surface area contributed by atoms with Gasteiger partial charge in [-0.3, -0.25) is 0 Å². The second kappa shape index (κ2) is 6.28. The number of carbonyl (C=O) groups excluding carboxylic acids is 1. The number of ether oxygens (including phenoxy) is 2. The van der Waals surface area contributed by atoms with Gasteiger partial charge in [-0.05, 0) is 29.2 Å². The Morgan fingerprint density at radius 1 is 1.38 bits per heavy atom. The standard InChI is InChI=1S/C13H18O3/c1-10(6-7-14)12-8-11(9-15-2)4-5-13(12)16-3/h4-5,7-8,10H,6,9H2,1-3H3. The zero-order chi connectivity index (χ0) is 12.0. The van der Waals surface area contributed by atoms with Gasteiger partial charge >= 0.3 is 0 Å². The average Bonchev–Trinajstić information content (AvgIpc) is 2.30. The van der Waals surface area contributed by atoms with E-state index in [1.165, 1.54) is 0 Å². The molecule has 0 aromatic heterocycles. The number of aldehydes is 1. The molecule has 0 fully saturated rings. The highest BCUT2D eigenvalue weighted by Gasteiger charge is 2.11. The lowest BCUT2D eigenvalue weighted by Gasteiger charge is -2.15. The Balaban J connectivity index is 3.00. The molecular weight excluding hydrogens is 204 g/mol. The summed E-state index contributed by atoms with van der Waals surface area (Å²) in [6.45, 7) is 2.59. The SMILES string of the molecule is COCc1ccc(OC)c(C(C)CC=O)c1. The largest absolute Gasteiger partial charge is 0.496 e. The minimum Gasteiger partial charge on any atom is -0.496 e. The Morgan fingerprint density at radius 3 is 2.69 bits per heavy atom. The van der Waals surface area contributed by atoms with Gasteiger partial charge in [0.1, 0.15) is 12.0 Å². The van der Waals surface area contributed by atoms with Crippen LogP contribution in [-0.2, 0) is 16.1 Å². The molecule has 0 aliphatic heterocycles. The molecule has 0 saturated carbocycles. The number of hydrogen-bond acceptors (Lipinski definition) is 3. The highest BCUT2D eigenvalue weighted by molar-refractivity contribution is 5.53. The molecule has 16 heavy (non-hydrogen) atoms. The summed E-state index contributed by atoms with van der Waals surface area (Å²) in [4.78, 5) is 10.5. The fourth-order valence-corrected chi connectivity index (χ4v) is 1.70. The molecule has 88 valence electrons. The Morgan fingerprint density at radius 2 is 2.12 bits per heavy atom. The van der Waals surface area contributed by atoms with Crippen molar-refractivity contribution in [3.8, 4) is 5.75 Å². The van der Waals surface area contributed by atoms with Crippen molar-refractivity contribution in [3.05, 3.63) is 29.3 Å². The number of hydrogen-bond donors (Lipinski definition) is 0. The van der Waals surface area contributed by atoms with E-state index in [1.54, 1.807) is 14.2 Å². The van der Waals surface area contributed by atoms with E-state index in [0.29, 0.717) is 13.0 Å². The number of rotatable bonds is 6. The predicted molar refractivity (Wildman–Crippen MR) is 62.8 cm³/mol. The molecule has 0 bridgehead atoms. The number of methoxy groups -OCH3 is 2. The Labute approximate surface area is 96.4 Å². The third-order valence-corrected chi connectivity index (χ3v) is 2.59. The van der Waals surface area contributed by atoms with Gasteiger partial charge in [-0.1, -0.05) is 13.0 Å². The van der Waals surface area contributed by atoms with E-state index in [-0.39, 0.29) is 5.92 Å². The summed E-state index contributed by atoms with van der Waals surface area (Å²) in [5.41, 5.74) is 2.15.